The van der Waals surface area contributed by atoms with E-state index in [2.05, 4.69) is 0 Å². The van der Waals surface area contributed by atoms with Crippen LogP contribution in [0, 0.1) is 5.82 Å². The highest BCUT2D eigenvalue weighted by Gasteiger charge is 1.99. The number of nitrogens with two attached hydrogens (primary N) is 1. The Bertz CT molecular complexity index is 315. The normalized spacial score (nSPS) is 9.86. The molecule has 0 amide bonds. The number of rotatable bonds is 5. The number of carbonyl (C=O) groups is 1. The Kier molecular flexibility index (Phi) is 4.07. The average molecular weight is 197 g/mol. The summed E-state index contributed by atoms with van der Waals surface area (Å²) in [7, 11) is 0. The predicted octanol–water partition coefficient (Wildman–Crippen LogP) is 1.12. The van der Waals surface area contributed by atoms with E-state index in [1.807, 2.05) is 0 Å². The maximum absolute atomic E-state index is 12.7. The minimum Gasteiger partial charge on any atom is -0.493 e. The average Bonchev–Trinajstić information content (AvgIpc) is 2.17. The smallest absolute Gasteiger partial charge is 0.149 e. The molecule has 1 aromatic carbocycles. The van der Waals surface area contributed by atoms with Gasteiger partial charge in [-0.3, -0.25) is 4.79 Å². The van der Waals surface area contributed by atoms with Crippen LogP contribution in [0.2, 0.25) is 0 Å². The third kappa shape index (κ3) is 3.53. The molecule has 1 aromatic rings. The molecule has 0 aliphatic rings. The van der Waals surface area contributed by atoms with Gasteiger partial charge in [-0.2, -0.15) is 0 Å². The zero-order valence-corrected chi connectivity index (χ0v) is 7.70. The molecule has 0 spiro atoms. The van der Waals surface area contributed by atoms with Crippen molar-refractivity contribution >= 4 is 5.78 Å². The molecule has 0 unspecified atom stereocenters. The van der Waals surface area contributed by atoms with Gasteiger partial charge in [-0.15, -0.1) is 0 Å². The van der Waals surface area contributed by atoms with Crippen LogP contribution in [0.25, 0.3) is 0 Å². The molecule has 3 nitrogen and oxygen atoms in total. The summed E-state index contributed by atoms with van der Waals surface area (Å²) in [5.41, 5.74) is 5.11. The number of benzene rings is 1. The van der Waals surface area contributed by atoms with Crippen molar-refractivity contribution < 1.29 is 13.9 Å². The first-order valence-corrected chi connectivity index (χ1v) is 4.32. The summed E-state index contributed by atoms with van der Waals surface area (Å²) < 4.78 is 17.8. The zero-order valence-electron chi connectivity index (χ0n) is 7.70. The molecule has 0 radical (unpaired) electrons. The maximum Gasteiger partial charge on any atom is 0.149 e. The largest absolute Gasteiger partial charge is 0.493 e. The van der Waals surface area contributed by atoms with Crippen LogP contribution in [0.3, 0.4) is 0 Å². The molecule has 0 aliphatic heterocycles. The van der Waals surface area contributed by atoms with Gasteiger partial charge in [0.25, 0.3) is 0 Å². The lowest BCUT2D eigenvalue weighted by Crippen LogP contribution is -2.16. The van der Waals surface area contributed by atoms with Gasteiger partial charge in [0.05, 0.1) is 13.2 Å². The first-order valence-electron chi connectivity index (χ1n) is 4.32. The topological polar surface area (TPSA) is 52.3 Å². The Hall–Kier alpha value is -1.42. The van der Waals surface area contributed by atoms with Gasteiger partial charge in [-0.05, 0) is 12.1 Å². The van der Waals surface area contributed by atoms with Crippen LogP contribution in [0.15, 0.2) is 24.3 Å². The van der Waals surface area contributed by atoms with Crippen LogP contribution < -0.4 is 10.5 Å². The Morgan fingerprint density at radius 1 is 1.50 bits per heavy atom. The first-order chi connectivity index (χ1) is 6.72. The Morgan fingerprint density at radius 3 is 2.93 bits per heavy atom. The number of Topliss-reactive ketones (excluding diaryl/α,β-unsaturated/α-hetero) is 1. The fraction of sp³-hybridized carbons (Fsp3) is 0.300. The molecular formula is C10H12FNO2. The Morgan fingerprint density at radius 2 is 2.29 bits per heavy atom. The number of halogens is 1. The highest BCUT2D eigenvalue weighted by molar-refractivity contribution is 5.80. The molecule has 0 saturated carbocycles. The Balaban J connectivity index is 2.35. The van der Waals surface area contributed by atoms with E-state index < -0.39 is 0 Å². The molecule has 1 rings (SSSR count). The lowest BCUT2D eigenvalue weighted by Gasteiger charge is -2.04. The second-order valence-electron chi connectivity index (χ2n) is 2.80. The minimum atomic E-state index is -0.354. The van der Waals surface area contributed by atoms with Crippen molar-refractivity contribution in [3.63, 3.8) is 0 Å². The molecule has 0 aromatic heterocycles. The summed E-state index contributed by atoms with van der Waals surface area (Å²) >= 11 is 0. The minimum absolute atomic E-state index is 0.0203. The van der Waals surface area contributed by atoms with Crippen LogP contribution in [-0.2, 0) is 4.79 Å². The van der Waals surface area contributed by atoms with E-state index in [0.29, 0.717) is 5.75 Å². The van der Waals surface area contributed by atoms with E-state index in [9.17, 15) is 9.18 Å². The maximum atomic E-state index is 12.7. The third-order valence-electron chi connectivity index (χ3n) is 1.67. The Labute approximate surface area is 81.7 Å². The number of ether oxygens (including phenoxy) is 1. The molecule has 0 aliphatic carbocycles. The quantitative estimate of drug-likeness (QED) is 0.769. The fourth-order valence-corrected chi connectivity index (χ4v) is 0.942. The van der Waals surface area contributed by atoms with Gasteiger partial charge in [0.15, 0.2) is 0 Å². The van der Waals surface area contributed by atoms with Gasteiger partial charge in [0, 0.05) is 12.5 Å². The van der Waals surface area contributed by atoms with Crippen molar-refractivity contribution in [3.05, 3.63) is 30.1 Å². The van der Waals surface area contributed by atoms with Gasteiger partial charge in [-0.25, -0.2) is 4.39 Å². The van der Waals surface area contributed by atoms with E-state index in [1.165, 1.54) is 12.1 Å². The standard InChI is InChI=1S/C10H12FNO2/c11-8-2-1-3-10(6-8)14-5-4-9(13)7-12/h1-3,6H,4-5,7,12H2. The number of hydrogen-bond acceptors (Lipinski definition) is 3. The zero-order chi connectivity index (χ0) is 10.4. The fourth-order valence-electron chi connectivity index (χ4n) is 0.942. The van der Waals surface area contributed by atoms with E-state index in [1.54, 1.807) is 12.1 Å². The van der Waals surface area contributed by atoms with Crippen molar-refractivity contribution in [1.29, 1.82) is 0 Å². The number of carbonyl (C=O) groups excluding carboxylic acids is 1. The molecule has 76 valence electrons. The molecule has 0 fully saturated rings. The van der Waals surface area contributed by atoms with Gasteiger partial charge in [0.2, 0.25) is 0 Å². The second-order valence-corrected chi connectivity index (χ2v) is 2.80. The first kappa shape index (κ1) is 10.7. The monoisotopic (exact) mass is 197 g/mol. The van der Waals surface area contributed by atoms with Gasteiger partial charge in [0.1, 0.15) is 17.3 Å². The van der Waals surface area contributed by atoms with E-state index >= 15 is 0 Å². The van der Waals surface area contributed by atoms with Crippen LogP contribution in [0.5, 0.6) is 5.75 Å². The molecule has 0 bridgehead atoms. The van der Waals surface area contributed by atoms with Gasteiger partial charge in [-0.1, -0.05) is 6.07 Å². The van der Waals surface area contributed by atoms with Gasteiger partial charge < -0.3 is 10.5 Å². The predicted molar refractivity (Wildman–Crippen MR) is 50.6 cm³/mol. The van der Waals surface area contributed by atoms with E-state index in [0.717, 1.165) is 0 Å². The molecule has 14 heavy (non-hydrogen) atoms. The lowest BCUT2D eigenvalue weighted by molar-refractivity contribution is -0.118. The summed E-state index contributed by atoms with van der Waals surface area (Å²) in [5, 5.41) is 0. The molecule has 0 atom stereocenters. The van der Waals surface area contributed by atoms with Crippen LogP contribution in [0.1, 0.15) is 6.42 Å². The van der Waals surface area contributed by atoms with Crippen molar-refractivity contribution in [1.82, 2.24) is 0 Å². The van der Waals surface area contributed by atoms with Gasteiger partial charge >= 0.3 is 0 Å². The summed E-state index contributed by atoms with van der Waals surface area (Å²) in [6.07, 6.45) is 0.257. The molecule has 2 N–H and O–H groups in total. The lowest BCUT2D eigenvalue weighted by atomic mass is 10.3. The van der Waals surface area contributed by atoms with E-state index in [-0.39, 0.29) is 31.2 Å². The highest BCUT2D eigenvalue weighted by Crippen LogP contribution is 2.11. The highest BCUT2D eigenvalue weighted by atomic mass is 19.1. The van der Waals surface area contributed by atoms with Crippen LogP contribution >= 0.6 is 0 Å². The number of ketones is 1. The van der Waals surface area contributed by atoms with Crippen molar-refractivity contribution in [3.8, 4) is 5.75 Å². The summed E-state index contributed by atoms with van der Waals surface area (Å²) in [6.45, 7) is 0.256. The molecule has 0 saturated heterocycles. The second kappa shape index (κ2) is 5.34. The van der Waals surface area contributed by atoms with Crippen LogP contribution in [-0.4, -0.2) is 18.9 Å². The summed E-state index contributed by atoms with van der Waals surface area (Å²) in [6, 6.07) is 5.79. The van der Waals surface area contributed by atoms with E-state index in [4.69, 9.17) is 10.5 Å². The number of hydrogen-bond donors (Lipinski definition) is 1. The SMILES string of the molecule is NCC(=O)CCOc1cccc(F)c1. The molecular weight excluding hydrogens is 185 g/mol. The molecule has 0 heterocycles. The summed E-state index contributed by atoms with van der Waals surface area (Å²) in [5.74, 6) is 0.00359. The molecule has 4 heteroatoms. The van der Waals surface area contributed by atoms with Crippen molar-refractivity contribution in [2.75, 3.05) is 13.2 Å². The third-order valence-corrected chi connectivity index (χ3v) is 1.67. The summed E-state index contributed by atoms with van der Waals surface area (Å²) in [4.78, 5) is 10.8. The van der Waals surface area contributed by atoms with Crippen molar-refractivity contribution in [2.45, 2.75) is 6.42 Å². The van der Waals surface area contributed by atoms with Crippen LogP contribution in [0.4, 0.5) is 4.39 Å². The van der Waals surface area contributed by atoms with Crippen molar-refractivity contribution in [2.24, 2.45) is 5.73 Å².